The highest BCUT2D eigenvalue weighted by atomic mass is 19.1. The Bertz CT molecular complexity index is 1210. The maximum absolute atomic E-state index is 14.2. The first-order valence-electron chi connectivity index (χ1n) is 8.01. The van der Waals surface area contributed by atoms with Crippen molar-refractivity contribution < 1.29 is 19.2 Å². The zero-order valence-electron chi connectivity index (χ0n) is 14.3. The monoisotopic (exact) mass is 381 g/mol. The van der Waals surface area contributed by atoms with Gasteiger partial charge in [0.1, 0.15) is 11.4 Å². The number of hydrogen-bond acceptors (Lipinski definition) is 5. The molecule has 0 unspecified atom stereocenters. The smallest absolute Gasteiger partial charge is 0.341 e. The molecule has 0 amide bonds. The van der Waals surface area contributed by atoms with Crippen LogP contribution in [0.5, 0.6) is 0 Å². The summed E-state index contributed by atoms with van der Waals surface area (Å²) in [5.74, 6) is -2.22. The van der Waals surface area contributed by atoms with Crippen molar-refractivity contribution in [2.45, 2.75) is 13.0 Å². The van der Waals surface area contributed by atoms with Crippen LogP contribution in [-0.4, -0.2) is 20.6 Å². The van der Waals surface area contributed by atoms with Crippen molar-refractivity contribution in [1.82, 2.24) is 4.57 Å². The second-order valence-electron chi connectivity index (χ2n) is 6.02. The molecule has 0 bridgehead atoms. The molecule has 3 rings (SSSR count). The molecule has 1 heterocycles. The Labute approximate surface area is 156 Å². The number of nitro groups is 1. The van der Waals surface area contributed by atoms with Crippen LogP contribution in [0.4, 0.5) is 10.1 Å². The summed E-state index contributed by atoms with van der Waals surface area (Å²) in [6, 6.07) is 9.72. The van der Waals surface area contributed by atoms with E-state index in [-0.39, 0.29) is 35.1 Å². The van der Waals surface area contributed by atoms with Gasteiger partial charge in [0.2, 0.25) is 5.43 Å². The molecule has 1 aromatic heterocycles. The Kier molecular flexibility index (Phi) is 4.87. The number of pyridine rings is 1. The number of nitrogens with zero attached hydrogens (tertiary/aromatic N) is 3. The summed E-state index contributed by atoms with van der Waals surface area (Å²) in [4.78, 5) is 34.1. The molecule has 0 atom stereocenters. The predicted molar refractivity (Wildman–Crippen MR) is 96.6 cm³/mol. The highest BCUT2D eigenvalue weighted by Crippen LogP contribution is 2.21. The van der Waals surface area contributed by atoms with Crippen LogP contribution in [0.25, 0.3) is 10.9 Å². The average molecular weight is 381 g/mol. The van der Waals surface area contributed by atoms with Crippen molar-refractivity contribution in [3.05, 3.63) is 85.4 Å². The molecule has 0 aliphatic carbocycles. The molecular weight excluding hydrogens is 369 g/mol. The van der Waals surface area contributed by atoms with Crippen LogP contribution >= 0.6 is 0 Å². The van der Waals surface area contributed by atoms with Gasteiger partial charge < -0.3 is 9.67 Å². The van der Waals surface area contributed by atoms with Gasteiger partial charge in [-0.15, -0.1) is 0 Å². The lowest BCUT2D eigenvalue weighted by Gasteiger charge is -2.14. The number of carboxylic acid groups (broad SMARTS) is 1. The Morgan fingerprint density at radius 3 is 2.54 bits per heavy atom. The van der Waals surface area contributed by atoms with Crippen LogP contribution in [0.3, 0.4) is 0 Å². The first kappa shape index (κ1) is 18.7. The molecular formula is C19H12FN3O5. The van der Waals surface area contributed by atoms with E-state index in [1.165, 1.54) is 34.9 Å². The maximum Gasteiger partial charge on any atom is 0.341 e. The second-order valence-corrected chi connectivity index (χ2v) is 6.02. The fourth-order valence-electron chi connectivity index (χ4n) is 2.88. The van der Waals surface area contributed by atoms with Crippen molar-refractivity contribution in [2.24, 2.45) is 0 Å². The summed E-state index contributed by atoms with van der Waals surface area (Å²) in [7, 11) is 0. The van der Waals surface area contributed by atoms with E-state index in [9.17, 15) is 29.2 Å². The standard InChI is InChI=1S/C19H12FN3O5/c20-16-8-14-17(7-12(16)5-6-21)22(10-15(18(14)24)19(25)26)9-11-1-3-13(4-2-11)23(27)28/h1-4,7-8,10H,5,9H2,(H,25,26). The van der Waals surface area contributed by atoms with Gasteiger partial charge in [0.15, 0.2) is 0 Å². The number of nitriles is 1. The molecule has 8 nitrogen and oxygen atoms in total. The van der Waals surface area contributed by atoms with E-state index >= 15 is 0 Å². The van der Waals surface area contributed by atoms with Crippen molar-refractivity contribution in [3.8, 4) is 6.07 Å². The molecule has 140 valence electrons. The summed E-state index contributed by atoms with van der Waals surface area (Å²) in [6.45, 7) is 0.0900. The number of carbonyl (C=O) groups is 1. The fourth-order valence-corrected chi connectivity index (χ4v) is 2.88. The largest absolute Gasteiger partial charge is 0.477 e. The Balaban J connectivity index is 2.21. The van der Waals surface area contributed by atoms with Gasteiger partial charge in [-0.1, -0.05) is 12.1 Å². The normalized spacial score (nSPS) is 10.6. The first-order valence-corrected chi connectivity index (χ1v) is 8.01. The molecule has 3 aromatic rings. The Hall–Kier alpha value is -4.06. The number of hydrogen-bond donors (Lipinski definition) is 1. The fraction of sp³-hybridized carbons (Fsp3) is 0.105. The Morgan fingerprint density at radius 1 is 1.29 bits per heavy atom. The minimum Gasteiger partial charge on any atom is -0.477 e. The summed E-state index contributed by atoms with van der Waals surface area (Å²) >= 11 is 0. The molecule has 0 saturated heterocycles. The molecule has 0 saturated carbocycles. The number of rotatable bonds is 5. The topological polar surface area (TPSA) is 126 Å². The molecule has 0 fully saturated rings. The molecule has 0 aliphatic rings. The van der Waals surface area contributed by atoms with Crippen molar-refractivity contribution in [3.63, 3.8) is 0 Å². The molecule has 0 radical (unpaired) electrons. The third-order valence-corrected chi connectivity index (χ3v) is 4.25. The number of halogens is 1. The number of nitro benzene ring substituents is 1. The number of non-ortho nitro benzene ring substituents is 1. The lowest BCUT2D eigenvalue weighted by atomic mass is 10.1. The summed E-state index contributed by atoms with van der Waals surface area (Å²) in [5, 5.41) is 28.8. The first-order chi connectivity index (χ1) is 13.3. The van der Waals surface area contributed by atoms with Crippen LogP contribution in [0, 0.1) is 27.3 Å². The minimum atomic E-state index is -1.45. The third kappa shape index (κ3) is 3.43. The second kappa shape index (κ2) is 7.28. The SMILES string of the molecule is N#CCc1cc2c(cc1F)c(=O)c(C(=O)O)cn2Cc1ccc([N+](=O)[O-])cc1. The van der Waals surface area contributed by atoms with E-state index in [1.54, 1.807) is 0 Å². The number of benzene rings is 2. The molecule has 0 aliphatic heterocycles. The van der Waals surface area contributed by atoms with Gasteiger partial charge in [-0.25, -0.2) is 9.18 Å². The molecule has 1 N–H and O–H groups in total. The van der Waals surface area contributed by atoms with Gasteiger partial charge in [-0.2, -0.15) is 5.26 Å². The lowest BCUT2D eigenvalue weighted by Crippen LogP contribution is -2.19. The van der Waals surface area contributed by atoms with Crippen molar-refractivity contribution >= 4 is 22.6 Å². The van der Waals surface area contributed by atoms with E-state index in [2.05, 4.69) is 0 Å². The number of aromatic nitrogens is 1. The van der Waals surface area contributed by atoms with E-state index in [0.717, 1.165) is 12.3 Å². The number of aromatic carboxylic acids is 1. The van der Waals surface area contributed by atoms with Crippen LogP contribution < -0.4 is 5.43 Å². The van der Waals surface area contributed by atoms with Gasteiger partial charge in [-0.3, -0.25) is 14.9 Å². The molecule has 2 aromatic carbocycles. The van der Waals surface area contributed by atoms with Gasteiger partial charge >= 0.3 is 5.97 Å². The highest BCUT2D eigenvalue weighted by Gasteiger charge is 2.17. The summed E-state index contributed by atoms with van der Waals surface area (Å²) in [6.07, 6.45) is 0.927. The molecule has 0 spiro atoms. The number of fused-ring (bicyclic) bond motifs is 1. The van der Waals surface area contributed by atoms with E-state index in [0.29, 0.717) is 5.56 Å². The summed E-state index contributed by atoms with van der Waals surface area (Å²) in [5.41, 5.74) is -0.502. The van der Waals surface area contributed by atoms with E-state index in [4.69, 9.17) is 5.26 Å². The minimum absolute atomic E-state index is 0.0786. The van der Waals surface area contributed by atoms with Crippen molar-refractivity contribution in [1.29, 1.82) is 5.26 Å². The van der Waals surface area contributed by atoms with Crippen LogP contribution in [-0.2, 0) is 13.0 Å². The number of carboxylic acids is 1. The van der Waals surface area contributed by atoms with Crippen molar-refractivity contribution in [2.75, 3.05) is 0 Å². The highest BCUT2D eigenvalue weighted by molar-refractivity contribution is 5.92. The van der Waals surface area contributed by atoms with Crippen LogP contribution in [0.2, 0.25) is 0 Å². The molecule has 9 heteroatoms. The lowest BCUT2D eigenvalue weighted by molar-refractivity contribution is -0.384. The Morgan fingerprint density at radius 2 is 1.96 bits per heavy atom. The van der Waals surface area contributed by atoms with Gasteiger partial charge in [0.05, 0.1) is 22.9 Å². The van der Waals surface area contributed by atoms with E-state index < -0.39 is 27.7 Å². The predicted octanol–water partition coefficient (Wildman–Crippen LogP) is 2.86. The van der Waals surface area contributed by atoms with Gasteiger partial charge in [0, 0.05) is 35.8 Å². The van der Waals surface area contributed by atoms with Gasteiger partial charge in [-0.05, 0) is 17.7 Å². The zero-order chi connectivity index (χ0) is 20.4. The molecule has 28 heavy (non-hydrogen) atoms. The van der Waals surface area contributed by atoms with Crippen LogP contribution in [0.15, 0.2) is 47.4 Å². The quantitative estimate of drug-likeness (QED) is 0.535. The summed E-state index contributed by atoms with van der Waals surface area (Å²) < 4.78 is 15.6. The average Bonchev–Trinajstić information content (AvgIpc) is 2.65. The maximum atomic E-state index is 14.2. The zero-order valence-corrected chi connectivity index (χ0v) is 14.3. The van der Waals surface area contributed by atoms with E-state index in [1.807, 2.05) is 6.07 Å². The van der Waals surface area contributed by atoms with Gasteiger partial charge in [0.25, 0.3) is 5.69 Å². The van der Waals surface area contributed by atoms with Crippen LogP contribution in [0.1, 0.15) is 21.5 Å². The third-order valence-electron chi connectivity index (χ3n) is 4.25.